The molecular formula is C10H18ClN5O. The number of nitrogens with two attached hydrogens (primary N) is 1. The Kier molecular flexibility index (Phi) is 5.40. The Balaban J connectivity index is 2.83. The van der Waals surface area contributed by atoms with Crippen LogP contribution in [0.2, 0.25) is 5.02 Å². The molecule has 7 heteroatoms. The van der Waals surface area contributed by atoms with Crippen LogP contribution in [-0.4, -0.2) is 48.4 Å². The summed E-state index contributed by atoms with van der Waals surface area (Å²) in [5, 5.41) is 7.17. The molecule has 6 nitrogen and oxygen atoms in total. The minimum absolute atomic E-state index is 0.159. The molecule has 0 saturated heterocycles. The van der Waals surface area contributed by atoms with Crippen molar-refractivity contribution in [2.45, 2.75) is 6.54 Å². The summed E-state index contributed by atoms with van der Waals surface area (Å²) < 4.78 is 1.36. The van der Waals surface area contributed by atoms with E-state index < -0.39 is 0 Å². The van der Waals surface area contributed by atoms with Crippen LogP contribution in [0.4, 0.5) is 5.69 Å². The highest BCUT2D eigenvalue weighted by Crippen LogP contribution is 2.14. The number of likely N-dealkylation sites (N-methyl/N-ethyl adjacent to an activating group) is 1. The lowest BCUT2D eigenvalue weighted by atomic mass is 10.4. The first-order chi connectivity index (χ1) is 8.06. The monoisotopic (exact) mass is 259 g/mol. The maximum atomic E-state index is 11.8. The molecule has 1 heterocycles. The molecule has 0 aliphatic carbocycles. The summed E-state index contributed by atoms with van der Waals surface area (Å²) in [6.07, 6.45) is 1.55. The van der Waals surface area contributed by atoms with Crippen molar-refractivity contribution in [2.75, 3.05) is 39.0 Å². The summed E-state index contributed by atoms with van der Waals surface area (Å²) in [5.41, 5.74) is 5.61. The van der Waals surface area contributed by atoms with Gasteiger partial charge in [0.15, 0.2) is 0 Å². The van der Waals surface area contributed by atoms with E-state index in [9.17, 15) is 4.79 Å². The van der Waals surface area contributed by atoms with Crippen LogP contribution in [0.15, 0.2) is 11.0 Å². The minimum atomic E-state index is -0.282. The number of hydrogen-bond acceptors (Lipinski definition) is 5. The summed E-state index contributed by atoms with van der Waals surface area (Å²) in [6.45, 7) is 2.28. The fourth-order valence-electron chi connectivity index (χ4n) is 1.25. The number of halogens is 1. The van der Waals surface area contributed by atoms with Gasteiger partial charge in [-0.3, -0.25) is 4.79 Å². The lowest BCUT2D eigenvalue weighted by molar-refractivity contribution is 0.367. The van der Waals surface area contributed by atoms with Crippen molar-refractivity contribution in [2.24, 2.45) is 5.73 Å². The highest BCUT2D eigenvalue weighted by atomic mass is 35.5. The third kappa shape index (κ3) is 3.99. The van der Waals surface area contributed by atoms with Crippen LogP contribution in [0.3, 0.4) is 0 Å². The smallest absolute Gasteiger partial charge is 0.287 e. The van der Waals surface area contributed by atoms with E-state index in [0.717, 1.165) is 6.54 Å². The van der Waals surface area contributed by atoms with Crippen LogP contribution < -0.4 is 16.6 Å². The van der Waals surface area contributed by atoms with E-state index in [1.165, 1.54) is 4.68 Å². The van der Waals surface area contributed by atoms with Crippen molar-refractivity contribution in [1.29, 1.82) is 0 Å². The van der Waals surface area contributed by atoms with Gasteiger partial charge in [-0.25, -0.2) is 4.68 Å². The molecule has 0 unspecified atom stereocenters. The molecular weight excluding hydrogens is 242 g/mol. The molecule has 0 aromatic carbocycles. The summed E-state index contributed by atoms with van der Waals surface area (Å²) in [7, 11) is 3.87. The average Bonchev–Trinajstić information content (AvgIpc) is 2.29. The Hall–Kier alpha value is -1.11. The molecule has 0 aliphatic rings. The molecule has 1 aromatic rings. The van der Waals surface area contributed by atoms with Gasteiger partial charge >= 0.3 is 0 Å². The number of anilines is 1. The second-order valence-corrected chi connectivity index (χ2v) is 4.30. The first-order valence-corrected chi connectivity index (χ1v) is 5.78. The van der Waals surface area contributed by atoms with E-state index >= 15 is 0 Å². The van der Waals surface area contributed by atoms with Gasteiger partial charge in [0.25, 0.3) is 5.56 Å². The van der Waals surface area contributed by atoms with E-state index in [4.69, 9.17) is 17.3 Å². The third-order valence-corrected chi connectivity index (χ3v) is 2.57. The topological polar surface area (TPSA) is 76.2 Å². The molecule has 0 bridgehead atoms. The van der Waals surface area contributed by atoms with Gasteiger partial charge in [0.05, 0.1) is 18.4 Å². The molecule has 0 aliphatic heterocycles. The minimum Gasteiger partial charge on any atom is -0.381 e. The van der Waals surface area contributed by atoms with Gasteiger partial charge in [0.1, 0.15) is 5.02 Å². The summed E-state index contributed by atoms with van der Waals surface area (Å²) in [4.78, 5) is 13.8. The number of nitrogens with one attached hydrogen (secondary N) is 1. The lowest BCUT2D eigenvalue weighted by Gasteiger charge is -2.12. The van der Waals surface area contributed by atoms with E-state index in [2.05, 4.69) is 10.4 Å². The van der Waals surface area contributed by atoms with Gasteiger partial charge < -0.3 is 16.0 Å². The fraction of sp³-hybridized carbons (Fsp3) is 0.600. The highest BCUT2D eigenvalue weighted by Gasteiger charge is 2.08. The number of rotatable bonds is 6. The van der Waals surface area contributed by atoms with Crippen molar-refractivity contribution in [3.05, 3.63) is 21.6 Å². The van der Waals surface area contributed by atoms with Gasteiger partial charge in [0.2, 0.25) is 0 Å². The van der Waals surface area contributed by atoms with Crippen LogP contribution in [0.25, 0.3) is 0 Å². The Bertz CT molecular complexity index is 418. The number of aromatic nitrogens is 2. The molecule has 3 N–H and O–H groups in total. The van der Waals surface area contributed by atoms with Gasteiger partial charge in [-0.1, -0.05) is 11.6 Å². The summed E-state index contributed by atoms with van der Waals surface area (Å²) >= 11 is 5.96. The molecule has 1 aromatic heterocycles. The lowest BCUT2D eigenvalue weighted by Crippen LogP contribution is -2.29. The zero-order chi connectivity index (χ0) is 12.8. The second-order valence-electron chi connectivity index (χ2n) is 3.92. The zero-order valence-electron chi connectivity index (χ0n) is 10.1. The van der Waals surface area contributed by atoms with Gasteiger partial charge in [-0.15, -0.1) is 0 Å². The van der Waals surface area contributed by atoms with E-state index in [1.807, 2.05) is 19.0 Å². The standard InChI is InChI=1S/C10H18ClN5O/c1-15(2)5-6-16-10(17)9(11)8(7-14-16)13-4-3-12/h7,13H,3-6,12H2,1-2H3. The maximum Gasteiger partial charge on any atom is 0.287 e. The van der Waals surface area contributed by atoms with Crippen molar-refractivity contribution in [3.63, 3.8) is 0 Å². The second kappa shape index (κ2) is 6.58. The predicted octanol–water partition coefficient (Wildman–Crippen LogP) is -0.171. The molecule has 96 valence electrons. The molecule has 0 saturated carbocycles. The number of hydrogen-bond donors (Lipinski definition) is 2. The molecule has 0 amide bonds. The van der Waals surface area contributed by atoms with Crippen LogP contribution in [-0.2, 0) is 6.54 Å². The fourth-order valence-corrected chi connectivity index (χ4v) is 1.46. The van der Waals surface area contributed by atoms with Crippen LogP contribution in [0.5, 0.6) is 0 Å². The number of nitrogens with zero attached hydrogens (tertiary/aromatic N) is 3. The SMILES string of the molecule is CN(C)CCn1ncc(NCCN)c(Cl)c1=O. The maximum absolute atomic E-state index is 11.8. The van der Waals surface area contributed by atoms with Crippen molar-refractivity contribution in [1.82, 2.24) is 14.7 Å². The summed E-state index contributed by atoms with van der Waals surface area (Å²) in [6, 6.07) is 0. The van der Waals surface area contributed by atoms with Crippen molar-refractivity contribution >= 4 is 17.3 Å². The Morgan fingerprint density at radius 2 is 2.29 bits per heavy atom. The Morgan fingerprint density at radius 1 is 1.59 bits per heavy atom. The predicted molar refractivity (Wildman–Crippen MR) is 69.6 cm³/mol. The highest BCUT2D eigenvalue weighted by molar-refractivity contribution is 6.32. The molecule has 0 atom stereocenters. The van der Waals surface area contributed by atoms with Crippen molar-refractivity contribution < 1.29 is 0 Å². The molecule has 17 heavy (non-hydrogen) atoms. The average molecular weight is 260 g/mol. The van der Waals surface area contributed by atoms with E-state index in [1.54, 1.807) is 6.20 Å². The third-order valence-electron chi connectivity index (χ3n) is 2.20. The van der Waals surface area contributed by atoms with Crippen LogP contribution >= 0.6 is 11.6 Å². The van der Waals surface area contributed by atoms with E-state index in [0.29, 0.717) is 25.3 Å². The molecule has 1 rings (SSSR count). The Labute approximate surface area is 105 Å². The Morgan fingerprint density at radius 3 is 2.88 bits per heavy atom. The van der Waals surface area contributed by atoms with E-state index in [-0.39, 0.29) is 10.6 Å². The molecule has 0 spiro atoms. The first kappa shape index (κ1) is 14.0. The van der Waals surface area contributed by atoms with Crippen molar-refractivity contribution in [3.8, 4) is 0 Å². The van der Waals surface area contributed by atoms with Gasteiger partial charge in [0, 0.05) is 19.6 Å². The van der Waals surface area contributed by atoms with Gasteiger partial charge in [-0.2, -0.15) is 5.10 Å². The van der Waals surface area contributed by atoms with Gasteiger partial charge in [-0.05, 0) is 14.1 Å². The molecule has 0 fully saturated rings. The summed E-state index contributed by atoms with van der Waals surface area (Å²) in [5.74, 6) is 0. The quantitative estimate of drug-likeness (QED) is 0.742. The van der Waals surface area contributed by atoms with Crippen LogP contribution in [0, 0.1) is 0 Å². The zero-order valence-corrected chi connectivity index (χ0v) is 10.9. The van der Waals surface area contributed by atoms with Crippen LogP contribution in [0.1, 0.15) is 0 Å². The largest absolute Gasteiger partial charge is 0.381 e. The normalized spacial score (nSPS) is 10.9. The molecule has 0 radical (unpaired) electrons. The first-order valence-electron chi connectivity index (χ1n) is 5.40.